The quantitative estimate of drug-likeness (QED) is 0.903. The van der Waals surface area contributed by atoms with Gasteiger partial charge in [-0.15, -0.1) is 0 Å². The number of anilines is 1. The summed E-state index contributed by atoms with van der Waals surface area (Å²) in [5, 5.41) is 3.81. The van der Waals surface area contributed by atoms with Crippen LogP contribution >= 0.6 is 0 Å². The Morgan fingerprint density at radius 1 is 1.15 bits per heavy atom. The lowest BCUT2D eigenvalue weighted by Crippen LogP contribution is -2.44. The van der Waals surface area contributed by atoms with Gasteiger partial charge >= 0.3 is 0 Å². The van der Waals surface area contributed by atoms with Gasteiger partial charge in [-0.3, -0.25) is 0 Å². The maximum Gasteiger partial charge on any atom is 0.128 e. The molecular formula is C21H26FN3O. The summed E-state index contributed by atoms with van der Waals surface area (Å²) in [5.41, 5.74) is 2.15. The minimum absolute atomic E-state index is 0.233. The highest BCUT2D eigenvalue weighted by Gasteiger charge is 2.26. The number of hydrogen-bond acceptors (Lipinski definition) is 4. The molecule has 2 aromatic rings. The Morgan fingerprint density at radius 3 is 2.81 bits per heavy atom. The van der Waals surface area contributed by atoms with Crippen molar-refractivity contribution in [1.82, 2.24) is 10.3 Å². The standard InChI is InChI=1S/C21H26FN3O/c1-15-4-2-6-21(23-15)25-11-9-17(10-12-25)24-19-5-3-13-26-20-14-16(22)7-8-18(19)20/h2,4,6-8,14,17,19,24H,3,5,9-13H2,1H3. The maximum atomic E-state index is 13.5. The van der Waals surface area contributed by atoms with Crippen molar-refractivity contribution in [3.63, 3.8) is 0 Å². The lowest BCUT2D eigenvalue weighted by Gasteiger charge is -2.35. The fourth-order valence-corrected chi connectivity index (χ4v) is 3.98. The van der Waals surface area contributed by atoms with E-state index < -0.39 is 0 Å². The van der Waals surface area contributed by atoms with Crippen molar-refractivity contribution in [2.75, 3.05) is 24.6 Å². The number of aromatic nitrogens is 1. The van der Waals surface area contributed by atoms with E-state index in [4.69, 9.17) is 4.74 Å². The van der Waals surface area contributed by atoms with Gasteiger partial charge in [0, 0.05) is 42.5 Å². The predicted molar refractivity (Wildman–Crippen MR) is 101 cm³/mol. The molecule has 0 radical (unpaired) electrons. The van der Waals surface area contributed by atoms with Crippen molar-refractivity contribution < 1.29 is 9.13 Å². The number of hydrogen-bond donors (Lipinski definition) is 1. The minimum atomic E-state index is -0.233. The number of piperidine rings is 1. The normalized spacial score (nSPS) is 21.0. The summed E-state index contributed by atoms with van der Waals surface area (Å²) >= 11 is 0. The number of nitrogens with one attached hydrogen (secondary N) is 1. The van der Waals surface area contributed by atoms with Crippen LogP contribution < -0.4 is 15.0 Å². The molecule has 1 N–H and O–H groups in total. The molecule has 3 heterocycles. The average Bonchev–Trinajstić information content (AvgIpc) is 2.84. The Kier molecular flexibility index (Phi) is 5.07. The van der Waals surface area contributed by atoms with E-state index in [1.54, 1.807) is 0 Å². The Hall–Kier alpha value is -2.14. The first kappa shape index (κ1) is 17.3. The molecule has 0 bridgehead atoms. The Morgan fingerprint density at radius 2 is 2.00 bits per heavy atom. The molecule has 1 aromatic carbocycles. The van der Waals surface area contributed by atoms with Gasteiger partial charge in [-0.05, 0) is 50.8 Å². The molecule has 4 rings (SSSR count). The first-order valence-electron chi connectivity index (χ1n) is 9.56. The van der Waals surface area contributed by atoms with Gasteiger partial charge in [-0.25, -0.2) is 9.37 Å². The van der Waals surface area contributed by atoms with Crippen LogP contribution in [0.1, 0.15) is 43.0 Å². The molecule has 0 spiro atoms. The van der Waals surface area contributed by atoms with Gasteiger partial charge in [-0.1, -0.05) is 12.1 Å². The lowest BCUT2D eigenvalue weighted by molar-refractivity contribution is 0.311. The largest absolute Gasteiger partial charge is 0.493 e. The number of benzene rings is 1. The number of nitrogens with zero attached hydrogens (tertiary/aromatic N) is 2. The van der Waals surface area contributed by atoms with E-state index in [1.807, 2.05) is 19.1 Å². The summed E-state index contributed by atoms with van der Waals surface area (Å²) in [7, 11) is 0. The third-order valence-electron chi connectivity index (χ3n) is 5.38. The third-order valence-corrected chi connectivity index (χ3v) is 5.38. The smallest absolute Gasteiger partial charge is 0.128 e. The van der Waals surface area contributed by atoms with Crippen LogP contribution in [-0.4, -0.2) is 30.7 Å². The van der Waals surface area contributed by atoms with E-state index >= 15 is 0 Å². The summed E-state index contributed by atoms with van der Waals surface area (Å²) in [4.78, 5) is 7.01. The van der Waals surface area contributed by atoms with Crippen molar-refractivity contribution in [1.29, 1.82) is 0 Å². The zero-order valence-electron chi connectivity index (χ0n) is 15.2. The molecule has 138 valence electrons. The van der Waals surface area contributed by atoms with Crippen LogP contribution in [0.4, 0.5) is 10.2 Å². The van der Waals surface area contributed by atoms with Crippen LogP contribution in [0.25, 0.3) is 0 Å². The van der Waals surface area contributed by atoms with E-state index in [9.17, 15) is 4.39 Å². The lowest BCUT2D eigenvalue weighted by atomic mass is 9.97. The van der Waals surface area contributed by atoms with Crippen molar-refractivity contribution >= 4 is 5.82 Å². The maximum absolute atomic E-state index is 13.5. The van der Waals surface area contributed by atoms with Crippen molar-refractivity contribution in [2.45, 2.75) is 44.7 Å². The topological polar surface area (TPSA) is 37.4 Å². The molecular weight excluding hydrogens is 329 g/mol. The molecule has 4 nitrogen and oxygen atoms in total. The zero-order valence-corrected chi connectivity index (χ0v) is 15.2. The van der Waals surface area contributed by atoms with Gasteiger partial charge in [0.05, 0.1) is 6.61 Å². The highest BCUT2D eigenvalue weighted by molar-refractivity contribution is 5.40. The number of ether oxygens (including phenoxy) is 1. The van der Waals surface area contributed by atoms with Gasteiger partial charge in [0.1, 0.15) is 17.4 Å². The average molecular weight is 355 g/mol. The van der Waals surface area contributed by atoms with Crippen LogP contribution in [-0.2, 0) is 0 Å². The first-order valence-corrected chi connectivity index (χ1v) is 9.56. The molecule has 2 aliphatic rings. The van der Waals surface area contributed by atoms with Crippen LogP contribution in [0.3, 0.4) is 0 Å². The summed E-state index contributed by atoms with van der Waals surface area (Å²) in [6.45, 7) is 4.71. The molecule has 1 fully saturated rings. The number of halogens is 1. The fourth-order valence-electron chi connectivity index (χ4n) is 3.98. The van der Waals surface area contributed by atoms with E-state index in [2.05, 4.69) is 27.3 Å². The number of aryl methyl sites for hydroxylation is 1. The monoisotopic (exact) mass is 355 g/mol. The second-order valence-electron chi connectivity index (χ2n) is 7.29. The summed E-state index contributed by atoms with van der Waals surface area (Å²) in [6.07, 6.45) is 4.19. The predicted octanol–water partition coefficient (Wildman–Crippen LogP) is 4.00. The molecule has 1 aromatic heterocycles. The fraction of sp³-hybridized carbons (Fsp3) is 0.476. The van der Waals surface area contributed by atoms with E-state index in [1.165, 1.54) is 12.1 Å². The minimum Gasteiger partial charge on any atom is -0.493 e. The van der Waals surface area contributed by atoms with Crippen molar-refractivity contribution in [3.8, 4) is 5.75 Å². The van der Waals surface area contributed by atoms with Gasteiger partial charge in [0.15, 0.2) is 0 Å². The van der Waals surface area contributed by atoms with Crippen molar-refractivity contribution in [3.05, 3.63) is 53.5 Å². The Labute approximate surface area is 154 Å². The molecule has 0 aliphatic carbocycles. The van der Waals surface area contributed by atoms with Crippen LogP contribution in [0.5, 0.6) is 5.75 Å². The molecule has 2 aliphatic heterocycles. The van der Waals surface area contributed by atoms with Crippen molar-refractivity contribution in [2.24, 2.45) is 0 Å². The molecule has 1 atom stereocenters. The number of fused-ring (bicyclic) bond motifs is 1. The van der Waals surface area contributed by atoms with Gasteiger partial charge in [0.2, 0.25) is 0 Å². The highest BCUT2D eigenvalue weighted by Crippen LogP contribution is 2.33. The third kappa shape index (κ3) is 3.83. The second-order valence-corrected chi connectivity index (χ2v) is 7.29. The molecule has 1 saturated heterocycles. The molecule has 1 unspecified atom stereocenters. The Balaban J connectivity index is 1.40. The molecule has 26 heavy (non-hydrogen) atoms. The zero-order chi connectivity index (χ0) is 17.9. The Bertz CT molecular complexity index is 759. The number of rotatable bonds is 3. The molecule has 5 heteroatoms. The van der Waals surface area contributed by atoms with E-state index in [0.29, 0.717) is 18.4 Å². The summed E-state index contributed by atoms with van der Waals surface area (Å²) in [6, 6.07) is 11.8. The van der Waals surface area contributed by atoms with Gasteiger partial charge < -0.3 is 15.0 Å². The first-order chi connectivity index (χ1) is 12.7. The van der Waals surface area contributed by atoms with Gasteiger partial charge in [0.25, 0.3) is 0 Å². The summed E-state index contributed by atoms with van der Waals surface area (Å²) in [5.74, 6) is 1.54. The molecule has 0 saturated carbocycles. The van der Waals surface area contributed by atoms with Crippen LogP contribution in [0.15, 0.2) is 36.4 Å². The van der Waals surface area contributed by atoms with Gasteiger partial charge in [-0.2, -0.15) is 0 Å². The highest BCUT2D eigenvalue weighted by atomic mass is 19.1. The SMILES string of the molecule is Cc1cccc(N2CCC(NC3CCCOc4cc(F)ccc43)CC2)n1. The number of pyridine rings is 1. The van der Waals surface area contributed by atoms with E-state index in [0.717, 1.165) is 55.8 Å². The van der Waals surface area contributed by atoms with Crippen LogP contribution in [0.2, 0.25) is 0 Å². The van der Waals surface area contributed by atoms with Crippen LogP contribution in [0, 0.1) is 12.7 Å². The molecule has 0 amide bonds. The van der Waals surface area contributed by atoms with E-state index in [-0.39, 0.29) is 11.9 Å². The summed E-state index contributed by atoms with van der Waals surface area (Å²) < 4.78 is 19.3. The second kappa shape index (κ2) is 7.62.